The highest BCUT2D eigenvalue weighted by molar-refractivity contribution is 7.89. The second-order valence-electron chi connectivity index (χ2n) is 7.08. The molecule has 0 bridgehead atoms. The van der Waals surface area contributed by atoms with Crippen LogP contribution in [0.3, 0.4) is 0 Å². The lowest BCUT2D eigenvalue weighted by Crippen LogP contribution is -2.42. The molecule has 1 fully saturated rings. The molecule has 2 aliphatic rings. The van der Waals surface area contributed by atoms with E-state index in [4.69, 9.17) is 0 Å². The Morgan fingerprint density at radius 1 is 1.11 bits per heavy atom. The van der Waals surface area contributed by atoms with Gasteiger partial charge in [-0.1, -0.05) is 24.3 Å². The number of halogens is 1. The number of hydrogen-bond donors (Lipinski definition) is 1. The molecule has 27 heavy (non-hydrogen) atoms. The van der Waals surface area contributed by atoms with Gasteiger partial charge in [0.1, 0.15) is 5.82 Å². The third-order valence-electron chi connectivity index (χ3n) is 5.10. The van der Waals surface area contributed by atoms with Crippen molar-refractivity contribution >= 4 is 15.9 Å². The molecule has 2 aromatic rings. The molecule has 1 aliphatic heterocycles. The Morgan fingerprint density at radius 2 is 1.81 bits per heavy atom. The topological polar surface area (TPSA) is 66.5 Å². The van der Waals surface area contributed by atoms with E-state index in [2.05, 4.69) is 5.32 Å². The molecule has 1 saturated carbocycles. The first kappa shape index (κ1) is 18.1. The van der Waals surface area contributed by atoms with E-state index in [9.17, 15) is 17.6 Å². The van der Waals surface area contributed by atoms with Crippen LogP contribution >= 0.6 is 0 Å². The SMILES string of the molecule is O=C(C[C@@H]1c2ccccc2CCN1S(=O)(=O)c1ccc(F)cc1)NC1CC1. The molecule has 1 heterocycles. The minimum Gasteiger partial charge on any atom is -0.353 e. The van der Waals surface area contributed by atoms with Crippen molar-refractivity contribution in [2.24, 2.45) is 0 Å². The number of fused-ring (bicyclic) bond motifs is 1. The number of benzene rings is 2. The van der Waals surface area contributed by atoms with Gasteiger partial charge in [-0.3, -0.25) is 4.79 Å². The zero-order valence-electron chi connectivity index (χ0n) is 14.8. The molecule has 2 aromatic carbocycles. The Bertz CT molecular complexity index is 955. The van der Waals surface area contributed by atoms with Gasteiger partial charge in [-0.05, 0) is 54.7 Å². The van der Waals surface area contributed by atoms with Crippen LogP contribution in [0, 0.1) is 5.82 Å². The minimum atomic E-state index is -3.84. The smallest absolute Gasteiger partial charge is 0.243 e. The van der Waals surface area contributed by atoms with Crippen LogP contribution in [0.4, 0.5) is 4.39 Å². The zero-order chi connectivity index (χ0) is 19.0. The van der Waals surface area contributed by atoms with Crippen molar-refractivity contribution in [3.63, 3.8) is 0 Å². The van der Waals surface area contributed by atoms with Crippen LogP contribution < -0.4 is 5.32 Å². The summed E-state index contributed by atoms with van der Waals surface area (Å²) in [6.07, 6.45) is 2.61. The molecular formula is C20H21FN2O3S. The van der Waals surface area contributed by atoms with Gasteiger partial charge >= 0.3 is 0 Å². The van der Waals surface area contributed by atoms with E-state index in [1.165, 1.54) is 16.4 Å². The first-order valence-corrected chi connectivity index (χ1v) is 10.5. The van der Waals surface area contributed by atoms with Crippen LogP contribution in [0.5, 0.6) is 0 Å². The highest BCUT2D eigenvalue weighted by atomic mass is 32.2. The third-order valence-corrected chi connectivity index (χ3v) is 7.03. The maximum atomic E-state index is 13.2. The van der Waals surface area contributed by atoms with Gasteiger partial charge < -0.3 is 5.32 Å². The Kier molecular flexibility index (Phi) is 4.74. The van der Waals surface area contributed by atoms with Crippen molar-refractivity contribution in [1.82, 2.24) is 9.62 Å². The average molecular weight is 388 g/mol. The number of nitrogens with zero attached hydrogens (tertiary/aromatic N) is 1. The molecule has 7 heteroatoms. The Balaban J connectivity index is 1.68. The number of rotatable bonds is 5. The van der Waals surface area contributed by atoms with Gasteiger partial charge in [0.25, 0.3) is 0 Å². The molecule has 0 spiro atoms. The van der Waals surface area contributed by atoms with Gasteiger partial charge in [0.15, 0.2) is 0 Å². The quantitative estimate of drug-likeness (QED) is 0.857. The van der Waals surface area contributed by atoms with E-state index in [0.29, 0.717) is 6.42 Å². The molecule has 5 nitrogen and oxygen atoms in total. The first-order valence-electron chi connectivity index (χ1n) is 9.10. The Morgan fingerprint density at radius 3 is 2.52 bits per heavy atom. The van der Waals surface area contributed by atoms with E-state index in [1.54, 1.807) is 0 Å². The van der Waals surface area contributed by atoms with Crippen molar-refractivity contribution in [2.45, 2.75) is 42.7 Å². The third kappa shape index (κ3) is 3.75. The Hall–Kier alpha value is -2.25. The van der Waals surface area contributed by atoms with Gasteiger partial charge in [-0.15, -0.1) is 0 Å². The molecule has 1 N–H and O–H groups in total. The number of nitrogens with one attached hydrogen (secondary N) is 1. The van der Waals surface area contributed by atoms with E-state index in [-0.39, 0.29) is 29.8 Å². The maximum Gasteiger partial charge on any atom is 0.243 e. The number of carbonyl (C=O) groups is 1. The number of amides is 1. The molecule has 1 amide bonds. The fourth-order valence-corrected chi connectivity index (χ4v) is 5.17. The predicted octanol–water partition coefficient (Wildman–Crippen LogP) is 2.78. The lowest BCUT2D eigenvalue weighted by molar-refractivity contribution is -0.122. The van der Waals surface area contributed by atoms with E-state index < -0.39 is 21.9 Å². The molecule has 1 aliphatic carbocycles. The summed E-state index contributed by atoms with van der Waals surface area (Å²) in [5.74, 6) is -0.628. The second kappa shape index (κ2) is 7.05. The summed E-state index contributed by atoms with van der Waals surface area (Å²) in [4.78, 5) is 12.5. The molecule has 0 saturated heterocycles. The highest BCUT2D eigenvalue weighted by Crippen LogP contribution is 2.36. The largest absolute Gasteiger partial charge is 0.353 e. The molecule has 4 rings (SSSR count). The van der Waals surface area contributed by atoms with Crippen LogP contribution in [0.1, 0.15) is 36.4 Å². The summed E-state index contributed by atoms with van der Waals surface area (Å²) in [6, 6.07) is 12.1. The predicted molar refractivity (Wildman–Crippen MR) is 99.0 cm³/mol. The Labute approximate surface area is 158 Å². The summed E-state index contributed by atoms with van der Waals surface area (Å²) < 4.78 is 41.0. The van der Waals surface area contributed by atoms with Crippen LogP contribution in [0.25, 0.3) is 0 Å². The van der Waals surface area contributed by atoms with E-state index >= 15 is 0 Å². The standard InChI is InChI=1S/C20H21FN2O3S/c21-15-5-9-17(10-6-15)27(25,26)23-12-11-14-3-1-2-4-18(14)19(23)13-20(24)22-16-7-8-16/h1-6,9-10,16,19H,7-8,11-13H2,(H,22,24)/t19-/m1/s1. The van der Waals surface area contributed by atoms with Crippen molar-refractivity contribution in [1.29, 1.82) is 0 Å². The first-order chi connectivity index (χ1) is 12.9. The molecular weight excluding hydrogens is 367 g/mol. The van der Waals surface area contributed by atoms with Crippen LogP contribution in [-0.4, -0.2) is 31.2 Å². The summed E-state index contributed by atoms with van der Waals surface area (Å²) in [5, 5.41) is 2.94. The van der Waals surface area contributed by atoms with Gasteiger partial charge in [0, 0.05) is 19.0 Å². The second-order valence-corrected chi connectivity index (χ2v) is 8.97. The van der Waals surface area contributed by atoms with Gasteiger partial charge in [0.2, 0.25) is 15.9 Å². The van der Waals surface area contributed by atoms with Crippen molar-refractivity contribution in [3.8, 4) is 0 Å². The summed E-state index contributed by atoms with van der Waals surface area (Å²) in [6.45, 7) is 0.290. The normalized spacial score (nSPS) is 20.1. The molecule has 1 atom stereocenters. The fraction of sp³-hybridized carbons (Fsp3) is 0.350. The lowest BCUT2D eigenvalue weighted by Gasteiger charge is -2.36. The van der Waals surface area contributed by atoms with Gasteiger partial charge in [0.05, 0.1) is 10.9 Å². The lowest BCUT2D eigenvalue weighted by atomic mass is 9.92. The van der Waals surface area contributed by atoms with Crippen LogP contribution in [-0.2, 0) is 21.2 Å². The van der Waals surface area contributed by atoms with Crippen molar-refractivity contribution in [2.75, 3.05) is 6.54 Å². The average Bonchev–Trinajstić information content (AvgIpc) is 3.46. The number of sulfonamides is 1. The summed E-state index contributed by atoms with van der Waals surface area (Å²) >= 11 is 0. The highest BCUT2D eigenvalue weighted by Gasteiger charge is 2.38. The molecule has 0 aromatic heterocycles. The van der Waals surface area contributed by atoms with Crippen LogP contribution in [0.15, 0.2) is 53.4 Å². The minimum absolute atomic E-state index is 0.0379. The molecule has 142 valence electrons. The van der Waals surface area contributed by atoms with Crippen molar-refractivity contribution < 1.29 is 17.6 Å². The number of carbonyl (C=O) groups excluding carboxylic acids is 1. The van der Waals surface area contributed by atoms with Crippen molar-refractivity contribution in [3.05, 3.63) is 65.5 Å². The molecule has 0 radical (unpaired) electrons. The summed E-state index contributed by atoms with van der Waals surface area (Å²) in [5.41, 5.74) is 1.92. The van der Waals surface area contributed by atoms with E-state index in [1.807, 2.05) is 24.3 Å². The summed E-state index contributed by atoms with van der Waals surface area (Å²) in [7, 11) is -3.84. The van der Waals surface area contributed by atoms with Crippen LogP contribution in [0.2, 0.25) is 0 Å². The monoisotopic (exact) mass is 388 g/mol. The number of hydrogen-bond acceptors (Lipinski definition) is 3. The maximum absolute atomic E-state index is 13.2. The fourth-order valence-electron chi connectivity index (χ4n) is 3.56. The van der Waals surface area contributed by atoms with E-state index in [0.717, 1.165) is 36.1 Å². The molecule has 0 unspecified atom stereocenters. The van der Waals surface area contributed by atoms with Gasteiger partial charge in [-0.25, -0.2) is 12.8 Å². The zero-order valence-corrected chi connectivity index (χ0v) is 15.6. The van der Waals surface area contributed by atoms with Gasteiger partial charge in [-0.2, -0.15) is 4.31 Å².